The molecule has 0 saturated heterocycles. The fourth-order valence-electron chi connectivity index (χ4n) is 1.54. The summed E-state index contributed by atoms with van der Waals surface area (Å²) < 4.78 is 2.39. The molecule has 0 radical (unpaired) electrons. The predicted molar refractivity (Wildman–Crippen MR) is 64.0 cm³/mol. The average Bonchev–Trinajstić information content (AvgIpc) is 2.68. The van der Waals surface area contributed by atoms with Crippen LogP contribution in [0.25, 0.3) is 11.2 Å². The Labute approximate surface area is 96.3 Å². The van der Waals surface area contributed by atoms with Crippen molar-refractivity contribution in [3.63, 3.8) is 0 Å². The van der Waals surface area contributed by atoms with Gasteiger partial charge in [-0.2, -0.15) is 12.6 Å². The fraction of sp³-hybridized carbons (Fsp3) is 0.444. The van der Waals surface area contributed by atoms with E-state index in [1.54, 1.807) is 7.05 Å². The lowest BCUT2D eigenvalue weighted by atomic mass is 10.5. The van der Waals surface area contributed by atoms with Crippen LogP contribution in [0.15, 0.2) is 9.59 Å². The van der Waals surface area contributed by atoms with Crippen molar-refractivity contribution in [2.45, 2.75) is 12.2 Å². The van der Waals surface area contributed by atoms with Gasteiger partial charge in [0.2, 0.25) is 0 Å². The number of nitrogens with zero attached hydrogens (tertiary/aromatic N) is 3. The zero-order valence-electron chi connectivity index (χ0n) is 9.18. The SMILES string of the molecule is C[C@H](S)c1nc2c([nH]1)c(=O)n(C)c(=O)n2C. The molecular formula is C9H12N4O2S. The molecule has 2 heterocycles. The van der Waals surface area contributed by atoms with Gasteiger partial charge in [0, 0.05) is 14.1 Å². The van der Waals surface area contributed by atoms with Crippen molar-refractivity contribution < 1.29 is 0 Å². The quantitative estimate of drug-likeness (QED) is 0.686. The molecule has 2 rings (SSSR count). The summed E-state index contributed by atoms with van der Waals surface area (Å²) in [6.45, 7) is 1.84. The number of H-pyrrole nitrogens is 1. The van der Waals surface area contributed by atoms with Crippen LogP contribution in [0.3, 0.4) is 0 Å². The van der Waals surface area contributed by atoms with Gasteiger partial charge in [-0.3, -0.25) is 13.9 Å². The minimum Gasteiger partial charge on any atom is -0.335 e. The number of hydrogen-bond acceptors (Lipinski definition) is 4. The van der Waals surface area contributed by atoms with Gasteiger partial charge in [0.05, 0.1) is 5.25 Å². The first-order chi connectivity index (χ1) is 7.43. The molecule has 2 aromatic rings. The third-order valence-corrected chi connectivity index (χ3v) is 2.75. The molecule has 0 bridgehead atoms. The maximum Gasteiger partial charge on any atom is 0.332 e. The van der Waals surface area contributed by atoms with Crippen molar-refractivity contribution in [3.8, 4) is 0 Å². The molecule has 2 aromatic heterocycles. The van der Waals surface area contributed by atoms with Gasteiger partial charge in [-0.25, -0.2) is 9.78 Å². The number of aromatic amines is 1. The number of fused-ring (bicyclic) bond motifs is 1. The monoisotopic (exact) mass is 240 g/mol. The molecule has 0 amide bonds. The molecule has 0 saturated carbocycles. The number of thiol groups is 1. The van der Waals surface area contributed by atoms with Crippen LogP contribution in [0.4, 0.5) is 0 Å². The van der Waals surface area contributed by atoms with Crippen LogP contribution in [-0.2, 0) is 14.1 Å². The second kappa shape index (κ2) is 3.51. The zero-order chi connectivity index (χ0) is 12.0. The highest BCUT2D eigenvalue weighted by molar-refractivity contribution is 7.80. The molecule has 0 aromatic carbocycles. The average molecular weight is 240 g/mol. The number of imidazole rings is 1. The Morgan fingerprint density at radius 3 is 2.50 bits per heavy atom. The molecule has 0 unspecified atom stereocenters. The van der Waals surface area contributed by atoms with Crippen LogP contribution in [-0.4, -0.2) is 19.1 Å². The van der Waals surface area contributed by atoms with E-state index in [4.69, 9.17) is 0 Å². The first-order valence-corrected chi connectivity index (χ1v) is 5.28. The minimum absolute atomic E-state index is 0.118. The fourth-order valence-corrected chi connectivity index (χ4v) is 1.66. The Bertz CT molecular complexity index is 664. The summed E-state index contributed by atoms with van der Waals surface area (Å²) in [6.07, 6.45) is 0. The summed E-state index contributed by atoms with van der Waals surface area (Å²) in [5.74, 6) is 0.580. The summed E-state index contributed by atoms with van der Waals surface area (Å²) in [6, 6.07) is 0. The number of rotatable bonds is 1. The molecule has 0 fully saturated rings. The molecule has 7 heteroatoms. The summed E-state index contributed by atoms with van der Waals surface area (Å²) in [5, 5.41) is -0.118. The van der Waals surface area contributed by atoms with E-state index < -0.39 is 0 Å². The van der Waals surface area contributed by atoms with E-state index in [0.29, 0.717) is 17.0 Å². The normalized spacial score (nSPS) is 13.2. The van der Waals surface area contributed by atoms with E-state index in [0.717, 1.165) is 4.57 Å². The maximum atomic E-state index is 11.8. The summed E-state index contributed by atoms with van der Waals surface area (Å²) >= 11 is 4.23. The van der Waals surface area contributed by atoms with E-state index >= 15 is 0 Å². The number of aryl methyl sites for hydroxylation is 1. The van der Waals surface area contributed by atoms with E-state index in [1.165, 1.54) is 11.6 Å². The molecule has 1 N–H and O–H groups in total. The van der Waals surface area contributed by atoms with Gasteiger partial charge in [0.15, 0.2) is 5.65 Å². The summed E-state index contributed by atoms with van der Waals surface area (Å²) in [7, 11) is 3.02. The van der Waals surface area contributed by atoms with Gasteiger partial charge in [0.25, 0.3) is 5.56 Å². The lowest BCUT2D eigenvalue weighted by Gasteiger charge is -2.00. The molecule has 1 atom stereocenters. The lowest BCUT2D eigenvalue weighted by molar-refractivity contribution is 0.708. The zero-order valence-corrected chi connectivity index (χ0v) is 10.1. The van der Waals surface area contributed by atoms with Gasteiger partial charge in [-0.05, 0) is 6.92 Å². The maximum absolute atomic E-state index is 11.8. The lowest BCUT2D eigenvalue weighted by Crippen LogP contribution is -2.36. The number of nitrogens with one attached hydrogen (secondary N) is 1. The van der Waals surface area contributed by atoms with Crippen molar-refractivity contribution in [1.29, 1.82) is 0 Å². The topological polar surface area (TPSA) is 72.7 Å². The summed E-state index contributed by atoms with van der Waals surface area (Å²) in [5.41, 5.74) is -0.0577. The second-order valence-electron chi connectivity index (χ2n) is 3.70. The molecular weight excluding hydrogens is 228 g/mol. The van der Waals surface area contributed by atoms with E-state index in [-0.39, 0.29) is 16.5 Å². The van der Waals surface area contributed by atoms with Crippen molar-refractivity contribution in [3.05, 3.63) is 26.7 Å². The minimum atomic E-state index is -0.387. The van der Waals surface area contributed by atoms with Crippen molar-refractivity contribution in [2.24, 2.45) is 14.1 Å². The highest BCUT2D eigenvalue weighted by atomic mass is 32.1. The Hall–Kier alpha value is -1.50. The predicted octanol–water partition coefficient (Wildman–Crippen LogP) is -0.0489. The van der Waals surface area contributed by atoms with Crippen LogP contribution < -0.4 is 11.2 Å². The van der Waals surface area contributed by atoms with Gasteiger partial charge in [-0.15, -0.1) is 0 Å². The first-order valence-electron chi connectivity index (χ1n) is 4.77. The molecule has 0 aliphatic rings. The number of hydrogen-bond donors (Lipinski definition) is 2. The molecule has 0 aliphatic heterocycles. The van der Waals surface area contributed by atoms with Crippen molar-refractivity contribution in [1.82, 2.24) is 19.1 Å². The van der Waals surface area contributed by atoms with Gasteiger partial charge in [-0.1, -0.05) is 0 Å². The van der Waals surface area contributed by atoms with E-state index in [9.17, 15) is 9.59 Å². The third kappa shape index (κ3) is 1.39. The van der Waals surface area contributed by atoms with Crippen molar-refractivity contribution >= 4 is 23.8 Å². The highest BCUT2D eigenvalue weighted by Crippen LogP contribution is 2.16. The first kappa shape index (κ1) is 11.0. The third-order valence-electron chi connectivity index (χ3n) is 2.51. The standard InChI is InChI=1S/C9H12N4O2S/c1-4(16)6-10-5-7(11-6)12(2)9(15)13(3)8(5)14/h4,16H,1-3H3,(H,10,11)/t4-/m0/s1. The van der Waals surface area contributed by atoms with E-state index in [1.807, 2.05) is 6.92 Å². The van der Waals surface area contributed by atoms with Crippen LogP contribution in [0.2, 0.25) is 0 Å². The molecule has 16 heavy (non-hydrogen) atoms. The molecule has 6 nitrogen and oxygen atoms in total. The smallest absolute Gasteiger partial charge is 0.332 e. The molecule has 0 aliphatic carbocycles. The van der Waals surface area contributed by atoms with Crippen LogP contribution in [0, 0.1) is 0 Å². The molecule has 0 spiro atoms. The van der Waals surface area contributed by atoms with Gasteiger partial charge < -0.3 is 4.98 Å². The Balaban J connectivity index is 2.98. The van der Waals surface area contributed by atoms with Gasteiger partial charge in [0.1, 0.15) is 11.3 Å². The van der Waals surface area contributed by atoms with Gasteiger partial charge >= 0.3 is 5.69 Å². The van der Waals surface area contributed by atoms with Crippen LogP contribution in [0.5, 0.6) is 0 Å². The summed E-state index contributed by atoms with van der Waals surface area (Å²) in [4.78, 5) is 30.5. The van der Waals surface area contributed by atoms with Crippen molar-refractivity contribution in [2.75, 3.05) is 0 Å². The van der Waals surface area contributed by atoms with E-state index in [2.05, 4.69) is 22.6 Å². The van der Waals surface area contributed by atoms with Crippen LogP contribution in [0.1, 0.15) is 18.0 Å². The number of aromatic nitrogens is 4. The van der Waals surface area contributed by atoms with Crippen LogP contribution >= 0.6 is 12.6 Å². The largest absolute Gasteiger partial charge is 0.335 e. The Kier molecular flexibility index (Phi) is 2.42. The second-order valence-corrected chi connectivity index (χ2v) is 4.48. The molecule has 86 valence electrons. The Morgan fingerprint density at radius 1 is 1.31 bits per heavy atom. The Morgan fingerprint density at radius 2 is 1.94 bits per heavy atom. The highest BCUT2D eigenvalue weighted by Gasteiger charge is 2.14.